The van der Waals surface area contributed by atoms with Crippen LogP contribution in [0.4, 0.5) is 5.82 Å². The largest absolute Gasteiger partial charge is 0.246 e. The topological polar surface area (TPSA) is 28.5 Å². The Morgan fingerprint density at radius 1 is 1.46 bits per heavy atom. The summed E-state index contributed by atoms with van der Waals surface area (Å²) in [6.07, 6.45) is 3.55. The molecule has 0 atom stereocenters. The highest BCUT2D eigenvalue weighted by molar-refractivity contribution is 5.56. The van der Waals surface area contributed by atoms with Gasteiger partial charge in [-0.05, 0) is 32.9 Å². The Morgan fingerprint density at radius 2 is 2.23 bits per heavy atom. The van der Waals surface area contributed by atoms with E-state index in [1.807, 2.05) is 30.1 Å². The van der Waals surface area contributed by atoms with Crippen molar-refractivity contribution in [2.75, 3.05) is 5.01 Å². The van der Waals surface area contributed by atoms with Gasteiger partial charge in [-0.15, -0.1) is 0 Å². The highest BCUT2D eigenvalue weighted by Crippen LogP contribution is 2.12. The maximum Gasteiger partial charge on any atom is 0.148 e. The van der Waals surface area contributed by atoms with Crippen molar-refractivity contribution in [3.05, 3.63) is 24.4 Å². The maximum atomic E-state index is 4.24. The van der Waals surface area contributed by atoms with Crippen LogP contribution in [0.2, 0.25) is 0 Å². The monoisotopic (exact) mass is 177 g/mol. The van der Waals surface area contributed by atoms with Crippen molar-refractivity contribution in [3.8, 4) is 0 Å². The van der Waals surface area contributed by atoms with Gasteiger partial charge < -0.3 is 0 Å². The molecule has 0 aliphatic carbocycles. The third-order valence-corrected chi connectivity index (χ3v) is 1.61. The zero-order valence-electron chi connectivity index (χ0n) is 8.31. The fourth-order valence-electron chi connectivity index (χ4n) is 1.07. The molecule has 0 amide bonds. The highest BCUT2D eigenvalue weighted by Gasteiger charge is 2.08. The Labute approximate surface area is 79.1 Å². The minimum Gasteiger partial charge on any atom is -0.246 e. The molecule has 13 heavy (non-hydrogen) atoms. The van der Waals surface area contributed by atoms with Gasteiger partial charge in [-0.1, -0.05) is 6.07 Å². The summed E-state index contributed by atoms with van der Waals surface area (Å²) in [4.78, 5) is 4.23. The first-order chi connectivity index (χ1) is 6.25. The van der Waals surface area contributed by atoms with Crippen LogP contribution in [0.1, 0.15) is 20.8 Å². The standard InChI is InChI=1S/C10H15N3/c1-4-12-13(9(2)3)10-7-5-6-8-11-10/h4-9H,1-3H3/b12-4-. The fourth-order valence-corrected chi connectivity index (χ4v) is 1.07. The van der Waals surface area contributed by atoms with Crippen molar-refractivity contribution in [2.45, 2.75) is 26.8 Å². The van der Waals surface area contributed by atoms with E-state index in [0.717, 1.165) is 5.82 Å². The van der Waals surface area contributed by atoms with E-state index in [9.17, 15) is 0 Å². The predicted octanol–water partition coefficient (Wildman–Crippen LogP) is 2.30. The van der Waals surface area contributed by atoms with Crippen molar-refractivity contribution in [2.24, 2.45) is 5.10 Å². The van der Waals surface area contributed by atoms with Gasteiger partial charge in [0.2, 0.25) is 0 Å². The number of aromatic nitrogens is 1. The first-order valence-corrected chi connectivity index (χ1v) is 4.44. The van der Waals surface area contributed by atoms with Crippen LogP contribution in [-0.4, -0.2) is 17.2 Å². The molecule has 1 aromatic rings. The van der Waals surface area contributed by atoms with Gasteiger partial charge in [0.05, 0.1) is 0 Å². The Morgan fingerprint density at radius 3 is 2.69 bits per heavy atom. The molecular weight excluding hydrogens is 162 g/mol. The number of rotatable bonds is 3. The molecule has 70 valence electrons. The molecule has 0 saturated carbocycles. The first kappa shape index (κ1) is 9.71. The molecule has 0 fully saturated rings. The molecule has 0 radical (unpaired) electrons. The Bertz CT molecular complexity index is 267. The SMILES string of the molecule is C/C=N\N(c1ccccn1)C(C)C. The molecule has 0 N–H and O–H groups in total. The van der Waals surface area contributed by atoms with Crippen LogP contribution in [0.25, 0.3) is 0 Å². The van der Waals surface area contributed by atoms with E-state index in [-0.39, 0.29) is 0 Å². The van der Waals surface area contributed by atoms with Crippen molar-refractivity contribution in [3.63, 3.8) is 0 Å². The van der Waals surface area contributed by atoms with Crippen LogP contribution >= 0.6 is 0 Å². The van der Waals surface area contributed by atoms with Crippen molar-refractivity contribution in [1.29, 1.82) is 0 Å². The van der Waals surface area contributed by atoms with E-state index >= 15 is 0 Å². The zero-order chi connectivity index (χ0) is 9.68. The zero-order valence-corrected chi connectivity index (χ0v) is 8.31. The minimum absolute atomic E-state index is 0.325. The number of anilines is 1. The average molecular weight is 177 g/mol. The third-order valence-electron chi connectivity index (χ3n) is 1.61. The van der Waals surface area contributed by atoms with Gasteiger partial charge in [-0.3, -0.25) is 0 Å². The lowest BCUT2D eigenvalue weighted by molar-refractivity contribution is 0.704. The lowest BCUT2D eigenvalue weighted by Crippen LogP contribution is -2.25. The molecule has 1 aromatic heterocycles. The van der Waals surface area contributed by atoms with Crippen LogP contribution in [0, 0.1) is 0 Å². The van der Waals surface area contributed by atoms with Gasteiger partial charge in [0, 0.05) is 18.5 Å². The molecule has 3 nitrogen and oxygen atoms in total. The van der Waals surface area contributed by atoms with Gasteiger partial charge >= 0.3 is 0 Å². The average Bonchev–Trinajstić information content (AvgIpc) is 2.15. The number of hydrogen-bond donors (Lipinski definition) is 0. The van der Waals surface area contributed by atoms with Gasteiger partial charge in [0.25, 0.3) is 0 Å². The third kappa shape index (κ3) is 2.54. The molecule has 0 spiro atoms. The second-order valence-electron chi connectivity index (χ2n) is 3.00. The van der Waals surface area contributed by atoms with Gasteiger partial charge in [0.15, 0.2) is 0 Å². The molecule has 0 saturated heterocycles. The summed E-state index contributed by atoms with van der Waals surface area (Å²) in [7, 11) is 0. The lowest BCUT2D eigenvalue weighted by atomic mass is 10.3. The Balaban J connectivity index is 2.89. The summed E-state index contributed by atoms with van der Waals surface area (Å²) in [6, 6.07) is 6.14. The van der Waals surface area contributed by atoms with Crippen LogP contribution in [-0.2, 0) is 0 Å². The summed E-state index contributed by atoms with van der Waals surface area (Å²) in [5.41, 5.74) is 0. The number of pyridine rings is 1. The molecule has 0 unspecified atom stereocenters. The molecule has 0 aromatic carbocycles. The van der Waals surface area contributed by atoms with E-state index in [4.69, 9.17) is 0 Å². The summed E-state index contributed by atoms with van der Waals surface area (Å²) in [6.45, 7) is 6.07. The van der Waals surface area contributed by atoms with Crippen LogP contribution < -0.4 is 5.01 Å². The van der Waals surface area contributed by atoms with E-state index < -0.39 is 0 Å². The smallest absolute Gasteiger partial charge is 0.148 e. The molecule has 3 heteroatoms. The Hall–Kier alpha value is -1.38. The van der Waals surface area contributed by atoms with E-state index in [1.165, 1.54) is 0 Å². The van der Waals surface area contributed by atoms with Crippen LogP contribution in [0.3, 0.4) is 0 Å². The molecule has 0 aliphatic rings. The lowest BCUT2D eigenvalue weighted by Gasteiger charge is -2.21. The van der Waals surface area contributed by atoms with E-state index in [1.54, 1.807) is 12.4 Å². The van der Waals surface area contributed by atoms with Crippen molar-refractivity contribution < 1.29 is 0 Å². The first-order valence-electron chi connectivity index (χ1n) is 4.44. The number of hydrogen-bond acceptors (Lipinski definition) is 3. The van der Waals surface area contributed by atoms with E-state index in [0.29, 0.717) is 6.04 Å². The molecular formula is C10H15N3. The number of hydrazone groups is 1. The summed E-state index contributed by atoms with van der Waals surface area (Å²) in [5.74, 6) is 0.885. The second-order valence-corrected chi connectivity index (χ2v) is 3.00. The summed E-state index contributed by atoms with van der Waals surface area (Å²) in [5, 5.41) is 6.13. The van der Waals surface area contributed by atoms with Gasteiger partial charge in [-0.25, -0.2) is 9.99 Å². The summed E-state index contributed by atoms with van der Waals surface area (Å²) < 4.78 is 0. The minimum atomic E-state index is 0.325. The van der Waals surface area contributed by atoms with Crippen LogP contribution in [0.15, 0.2) is 29.5 Å². The molecule has 0 bridgehead atoms. The normalized spacial score (nSPS) is 11.1. The van der Waals surface area contributed by atoms with Gasteiger partial charge in [-0.2, -0.15) is 5.10 Å². The van der Waals surface area contributed by atoms with Gasteiger partial charge in [0.1, 0.15) is 5.82 Å². The quantitative estimate of drug-likeness (QED) is 0.523. The van der Waals surface area contributed by atoms with Crippen LogP contribution in [0.5, 0.6) is 0 Å². The highest BCUT2D eigenvalue weighted by atomic mass is 15.5. The number of nitrogens with zero attached hydrogens (tertiary/aromatic N) is 3. The Kier molecular flexibility index (Phi) is 3.43. The fraction of sp³-hybridized carbons (Fsp3) is 0.400. The molecule has 0 aliphatic heterocycles. The van der Waals surface area contributed by atoms with E-state index in [2.05, 4.69) is 23.9 Å². The predicted molar refractivity (Wildman–Crippen MR) is 56.0 cm³/mol. The van der Waals surface area contributed by atoms with Crippen molar-refractivity contribution >= 4 is 12.0 Å². The summed E-state index contributed by atoms with van der Waals surface area (Å²) >= 11 is 0. The second kappa shape index (κ2) is 4.60. The molecule has 1 rings (SSSR count). The maximum absolute atomic E-state index is 4.24. The molecule has 1 heterocycles. The van der Waals surface area contributed by atoms with Crippen molar-refractivity contribution in [1.82, 2.24) is 4.98 Å².